The van der Waals surface area contributed by atoms with E-state index in [0.29, 0.717) is 10.9 Å². The van der Waals surface area contributed by atoms with Crippen LogP contribution in [0.4, 0.5) is 5.13 Å². The molecule has 3 aromatic rings. The predicted molar refractivity (Wildman–Crippen MR) is 97.2 cm³/mol. The third-order valence-corrected chi connectivity index (χ3v) is 5.16. The van der Waals surface area contributed by atoms with Crippen molar-refractivity contribution in [1.29, 1.82) is 0 Å². The number of hydrogen-bond acceptors (Lipinski definition) is 5. The number of carbonyl (C=O) groups is 1. The van der Waals surface area contributed by atoms with E-state index in [9.17, 15) is 4.79 Å². The number of nitrogens with zero attached hydrogens (tertiary/aromatic N) is 2. The molecule has 0 fully saturated rings. The van der Waals surface area contributed by atoms with Crippen LogP contribution in [0, 0.1) is 0 Å². The topological polar surface area (TPSA) is 54.9 Å². The first-order valence-electron chi connectivity index (χ1n) is 7.48. The standard InChI is InChI=1S/C17H17N3OS2/c1-2-5-16-19-20-17(23-16)18-15(21)11-22-14-9-8-12-6-3-4-7-13(12)10-14/h3-4,6-10H,2,5,11H2,1H3,(H,18,20,21). The SMILES string of the molecule is CCCc1nnc(NC(=O)CSc2ccc3ccccc3c2)s1. The molecule has 0 saturated carbocycles. The minimum absolute atomic E-state index is 0.0534. The van der Waals surface area contributed by atoms with E-state index in [2.05, 4.69) is 46.7 Å². The summed E-state index contributed by atoms with van der Waals surface area (Å²) in [5.41, 5.74) is 0. The molecule has 4 nitrogen and oxygen atoms in total. The van der Waals surface area contributed by atoms with Crippen LogP contribution in [0.5, 0.6) is 0 Å². The number of thioether (sulfide) groups is 1. The summed E-state index contributed by atoms with van der Waals surface area (Å²) in [6.45, 7) is 2.10. The Bertz CT molecular complexity index is 816. The fraction of sp³-hybridized carbons (Fsp3) is 0.235. The van der Waals surface area contributed by atoms with Crippen LogP contribution in [0.3, 0.4) is 0 Å². The van der Waals surface area contributed by atoms with Crippen molar-refractivity contribution >= 4 is 44.9 Å². The van der Waals surface area contributed by atoms with E-state index in [-0.39, 0.29) is 5.91 Å². The van der Waals surface area contributed by atoms with Gasteiger partial charge in [-0.2, -0.15) is 0 Å². The summed E-state index contributed by atoms with van der Waals surface area (Å²) in [5, 5.41) is 14.8. The molecule has 0 spiro atoms. The lowest BCUT2D eigenvalue weighted by Crippen LogP contribution is -2.13. The third-order valence-electron chi connectivity index (χ3n) is 3.27. The van der Waals surface area contributed by atoms with Gasteiger partial charge >= 0.3 is 0 Å². The third kappa shape index (κ3) is 4.30. The van der Waals surface area contributed by atoms with Crippen LogP contribution < -0.4 is 5.32 Å². The van der Waals surface area contributed by atoms with Gasteiger partial charge < -0.3 is 0 Å². The number of anilines is 1. The highest BCUT2D eigenvalue weighted by molar-refractivity contribution is 8.00. The Labute approximate surface area is 143 Å². The van der Waals surface area contributed by atoms with Gasteiger partial charge in [0.05, 0.1) is 5.75 Å². The first-order chi connectivity index (χ1) is 11.2. The van der Waals surface area contributed by atoms with Crippen molar-refractivity contribution in [1.82, 2.24) is 10.2 Å². The molecule has 1 amide bonds. The van der Waals surface area contributed by atoms with E-state index in [1.165, 1.54) is 33.9 Å². The van der Waals surface area contributed by atoms with Crippen molar-refractivity contribution in [2.45, 2.75) is 24.7 Å². The summed E-state index contributed by atoms with van der Waals surface area (Å²) >= 11 is 2.97. The number of amides is 1. The first kappa shape index (κ1) is 16.0. The Hall–Kier alpha value is -1.92. The maximum atomic E-state index is 12.0. The smallest absolute Gasteiger partial charge is 0.236 e. The van der Waals surface area contributed by atoms with Crippen LogP contribution in [0.1, 0.15) is 18.4 Å². The van der Waals surface area contributed by atoms with Gasteiger partial charge in [0.25, 0.3) is 0 Å². The summed E-state index contributed by atoms with van der Waals surface area (Å²) in [7, 11) is 0. The van der Waals surface area contributed by atoms with Crippen molar-refractivity contribution < 1.29 is 4.79 Å². The fourth-order valence-electron chi connectivity index (χ4n) is 2.18. The van der Waals surface area contributed by atoms with Gasteiger partial charge in [-0.1, -0.05) is 48.6 Å². The fourth-order valence-corrected chi connectivity index (χ4v) is 3.78. The molecule has 1 aromatic heterocycles. The van der Waals surface area contributed by atoms with E-state index in [4.69, 9.17) is 0 Å². The van der Waals surface area contributed by atoms with Crippen LogP contribution in [-0.2, 0) is 11.2 Å². The van der Waals surface area contributed by atoms with Gasteiger partial charge in [-0.3, -0.25) is 10.1 Å². The number of aromatic nitrogens is 2. The molecule has 2 aromatic carbocycles. The van der Waals surface area contributed by atoms with Crippen LogP contribution >= 0.6 is 23.1 Å². The number of rotatable bonds is 6. The first-order valence-corrected chi connectivity index (χ1v) is 9.28. The molecule has 0 unspecified atom stereocenters. The monoisotopic (exact) mass is 343 g/mol. The van der Waals surface area contributed by atoms with Gasteiger partial charge in [0.2, 0.25) is 11.0 Å². The molecule has 0 radical (unpaired) electrons. The molecule has 1 N–H and O–H groups in total. The van der Waals surface area contributed by atoms with Crippen LogP contribution in [0.25, 0.3) is 10.8 Å². The Morgan fingerprint density at radius 3 is 2.83 bits per heavy atom. The maximum absolute atomic E-state index is 12.0. The van der Waals surface area contributed by atoms with Gasteiger partial charge in [-0.05, 0) is 29.3 Å². The molecule has 23 heavy (non-hydrogen) atoms. The Kier molecular flexibility index (Phi) is 5.25. The molecular weight excluding hydrogens is 326 g/mol. The minimum atomic E-state index is -0.0534. The predicted octanol–water partition coefficient (Wildman–Crippen LogP) is 4.37. The molecule has 0 saturated heterocycles. The molecule has 0 bridgehead atoms. The Morgan fingerprint density at radius 2 is 2.00 bits per heavy atom. The highest BCUT2D eigenvalue weighted by atomic mass is 32.2. The maximum Gasteiger partial charge on any atom is 0.236 e. The quantitative estimate of drug-likeness (QED) is 0.675. The van der Waals surface area contributed by atoms with Gasteiger partial charge in [0.1, 0.15) is 5.01 Å². The lowest BCUT2D eigenvalue weighted by molar-refractivity contribution is -0.113. The van der Waals surface area contributed by atoms with Crippen molar-refractivity contribution in [2.24, 2.45) is 0 Å². The minimum Gasteiger partial charge on any atom is -0.300 e. The second-order valence-electron chi connectivity index (χ2n) is 5.10. The molecule has 0 aliphatic rings. The highest BCUT2D eigenvalue weighted by Crippen LogP contribution is 2.24. The zero-order valence-electron chi connectivity index (χ0n) is 12.8. The number of carbonyl (C=O) groups excluding carboxylic acids is 1. The average Bonchev–Trinajstić information content (AvgIpc) is 3.00. The van der Waals surface area contributed by atoms with E-state index >= 15 is 0 Å². The van der Waals surface area contributed by atoms with Gasteiger partial charge in [-0.15, -0.1) is 22.0 Å². The molecule has 0 aliphatic carbocycles. The molecule has 1 heterocycles. The van der Waals surface area contributed by atoms with E-state index in [0.717, 1.165) is 22.7 Å². The van der Waals surface area contributed by atoms with Crippen molar-refractivity contribution in [3.05, 3.63) is 47.5 Å². The van der Waals surface area contributed by atoms with Crippen molar-refractivity contribution in [2.75, 3.05) is 11.1 Å². The lowest BCUT2D eigenvalue weighted by atomic mass is 10.1. The zero-order valence-corrected chi connectivity index (χ0v) is 14.4. The average molecular weight is 343 g/mol. The van der Waals surface area contributed by atoms with Crippen LogP contribution in [0.2, 0.25) is 0 Å². The molecule has 0 atom stereocenters. The summed E-state index contributed by atoms with van der Waals surface area (Å²) < 4.78 is 0. The molecule has 6 heteroatoms. The molecular formula is C17H17N3OS2. The molecule has 0 aliphatic heterocycles. The number of hydrogen-bond donors (Lipinski definition) is 1. The molecule has 3 rings (SSSR count). The summed E-state index contributed by atoms with van der Waals surface area (Å²) in [6, 6.07) is 14.4. The van der Waals surface area contributed by atoms with E-state index < -0.39 is 0 Å². The highest BCUT2D eigenvalue weighted by Gasteiger charge is 2.08. The summed E-state index contributed by atoms with van der Waals surface area (Å²) in [5.74, 6) is 0.309. The number of benzene rings is 2. The Morgan fingerprint density at radius 1 is 1.17 bits per heavy atom. The van der Waals surface area contributed by atoms with Gasteiger partial charge in [-0.25, -0.2) is 0 Å². The largest absolute Gasteiger partial charge is 0.300 e. The number of nitrogens with one attached hydrogen (secondary N) is 1. The number of aryl methyl sites for hydroxylation is 1. The van der Waals surface area contributed by atoms with Crippen LogP contribution in [0.15, 0.2) is 47.4 Å². The van der Waals surface area contributed by atoms with Crippen molar-refractivity contribution in [3.63, 3.8) is 0 Å². The second-order valence-corrected chi connectivity index (χ2v) is 7.21. The summed E-state index contributed by atoms with van der Waals surface area (Å²) in [6.07, 6.45) is 1.93. The summed E-state index contributed by atoms with van der Waals surface area (Å²) in [4.78, 5) is 13.1. The lowest BCUT2D eigenvalue weighted by Gasteiger charge is -2.04. The second kappa shape index (κ2) is 7.57. The number of fused-ring (bicyclic) bond motifs is 1. The van der Waals surface area contributed by atoms with E-state index in [1.807, 2.05) is 18.2 Å². The van der Waals surface area contributed by atoms with Gasteiger partial charge in [0.15, 0.2) is 0 Å². The van der Waals surface area contributed by atoms with Gasteiger partial charge in [0, 0.05) is 11.3 Å². The Balaban J connectivity index is 1.56. The van der Waals surface area contributed by atoms with E-state index in [1.54, 1.807) is 0 Å². The normalized spacial score (nSPS) is 10.8. The van der Waals surface area contributed by atoms with Crippen LogP contribution in [-0.4, -0.2) is 21.9 Å². The van der Waals surface area contributed by atoms with Crippen molar-refractivity contribution in [3.8, 4) is 0 Å². The zero-order chi connectivity index (χ0) is 16.1. The molecule has 118 valence electrons.